The fourth-order valence-electron chi connectivity index (χ4n) is 1.97. The number of aromatic nitrogens is 2. The van der Waals surface area contributed by atoms with Gasteiger partial charge in [0, 0.05) is 19.3 Å². The number of nitrogens with one attached hydrogen (secondary N) is 1. The van der Waals surface area contributed by atoms with E-state index in [1.54, 1.807) is 7.05 Å². The Labute approximate surface area is 133 Å². The van der Waals surface area contributed by atoms with Crippen molar-refractivity contribution in [2.45, 2.75) is 13.5 Å². The highest BCUT2D eigenvalue weighted by Crippen LogP contribution is 2.11. The monoisotopic (exact) mass is 317 g/mol. The number of likely N-dealkylation sites (N-methyl/N-ethyl adjacent to an activating group) is 1. The molecule has 0 aliphatic heterocycles. The first-order valence-electron chi connectivity index (χ1n) is 7.19. The third-order valence-corrected chi connectivity index (χ3v) is 3.31. The predicted octanol–water partition coefficient (Wildman–Crippen LogP) is 0.382. The zero-order chi connectivity index (χ0) is 16.8. The van der Waals surface area contributed by atoms with Gasteiger partial charge in [-0.05, 0) is 24.6 Å². The van der Waals surface area contributed by atoms with E-state index < -0.39 is 11.2 Å². The second-order valence-electron chi connectivity index (χ2n) is 5.22. The molecule has 1 heterocycles. The van der Waals surface area contributed by atoms with Gasteiger partial charge in [0.25, 0.3) is 5.56 Å². The van der Waals surface area contributed by atoms with E-state index in [4.69, 9.17) is 4.74 Å². The number of carbonyl (C=O) groups is 1. The number of aryl methyl sites for hydroxylation is 1. The molecule has 2 rings (SSSR count). The summed E-state index contributed by atoms with van der Waals surface area (Å²) in [6.45, 7) is 2.60. The minimum Gasteiger partial charge on any atom is -0.492 e. The van der Waals surface area contributed by atoms with E-state index in [9.17, 15) is 14.4 Å². The van der Waals surface area contributed by atoms with Gasteiger partial charge >= 0.3 is 5.69 Å². The Bertz CT molecular complexity index is 794. The smallest absolute Gasteiger partial charge is 0.328 e. The third-order valence-electron chi connectivity index (χ3n) is 3.31. The largest absolute Gasteiger partial charge is 0.492 e. The summed E-state index contributed by atoms with van der Waals surface area (Å²) in [6.07, 6.45) is 1.30. The molecule has 1 aromatic heterocycles. The summed E-state index contributed by atoms with van der Waals surface area (Å²) < 4.78 is 6.74. The lowest BCUT2D eigenvalue weighted by molar-refractivity contribution is -0.130. The molecule has 0 aliphatic carbocycles. The van der Waals surface area contributed by atoms with E-state index >= 15 is 0 Å². The maximum atomic E-state index is 12.1. The van der Waals surface area contributed by atoms with Crippen molar-refractivity contribution in [2.24, 2.45) is 0 Å². The number of aromatic amines is 1. The van der Waals surface area contributed by atoms with Crippen molar-refractivity contribution in [3.63, 3.8) is 0 Å². The van der Waals surface area contributed by atoms with E-state index in [1.165, 1.54) is 17.2 Å². The quantitative estimate of drug-likeness (QED) is 0.835. The summed E-state index contributed by atoms with van der Waals surface area (Å²) in [5.41, 5.74) is 0.0123. The molecular formula is C16H19N3O4. The zero-order valence-corrected chi connectivity index (χ0v) is 13.1. The van der Waals surface area contributed by atoms with Crippen LogP contribution in [-0.2, 0) is 11.3 Å². The van der Waals surface area contributed by atoms with E-state index in [0.29, 0.717) is 13.2 Å². The normalized spacial score (nSPS) is 10.3. The van der Waals surface area contributed by atoms with Crippen molar-refractivity contribution < 1.29 is 9.53 Å². The Morgan fingerprint density at radius 2 is 2.09 bits per heavy atom. The first-order chi connectivity index (χ1) is 11.0. The Hall–Kier alpha value is -2.83. The van der Waals surface area contributed by atoms with Gasteiger partial charge in [0.15, 0.2) is 0 Å². The van der Waals surface area contributed by atoms with Crippen molar-refractivity contribution in [1.29, 1.82) is 0 Å². The number of ether oxygens (including phenoxy) is 1. The van der Waals surface area contributed by atoms with Gasteiger partial charge in [-0.2, -0.15) is 0 Å². The van der Waals surface area contributed by atoms with Crippen molar-refractivity contribution in [3.8, 4) is 5.75 Å². The number of hydrogen-bond acceptors (Lipinski definition) is 4. The molecule has 7 nitrogen and oxygen atoms in total. The molecule has 23 heavy (non-hydrogen) atoms. The molecule has 0 aliphatic rings. The van der Waals surface area contributed by atoms with Crippen LogP contribution < -0.4 is 16.0 Å². The van der Waals surface area contributed by atoms with Gasteiger partial charge in [-0.15, -0.1) is 0 Å². The summed E-state index contributed by atoms with van der Waals surface area (Å²) >= 11 is 0. The number of hydrogen-bond donors (Lipinski definition) is 1. The molecule has 0 spiro atoms. The molecule has 1 aromatic carbocycles. The van der Waals surface area contributed by atoms with Gasteiger partial charge in [0.1, 0.15) is 18.9 Å². The summed E-state index contributed by atoms with van der Waals surface area (Å²) in [6, 6.07) is 8.86. The first kappa shape index (κ1) is 16.5. The van der Waals surface area contributed by atoms with Gasteiger partial charge in [-0.1, -0.05) is 12.1 Å². The van der Waals surface area contributed by atoms with Crippen LogP contribution in [0, 0.1) is 6.92 Å². The van der Waals surface area contributed by atoms with Crippen molar-refractivity contribution in [3.05, 3.63) is 62.9 Å². The summed E-state index contributed by atoms with van der Waals surface area (Å²) in [4.78, 5) is 38.2. The highest BCUT2D eigenvalue weighted by Gasteiger charge is 2.10. The lowest BCUT2D eigenvalue weighted by Gasteiger charge is -2.18. The van der Waals surface area contributed by atoms with Crippen LogP contribution in [0.1, 0.15) is 5.56 Å². The lowest BCUT2D eigenvalue weighted by atomic mass is 10.2. The van der Waals surface area contributed by atoms with Crippen LogP contribution in [0.25, 0.3) is 0 Å². The van der Waals surface area contributed by atoms with Crippen LogP contribution in [0.5, 0.6) is 5.75 Å². The zero-order valence-electron chi connectivity index (χ0n) is 13.1. The molecule has 0 saturated heterocycles. The standard InChI is InChI=1S/C16H19N3O4/c1-12-4-3-5-13(10-12)23-9-8-18(2)15(21)11-19-7-6-14(20)17-16(19)22/h3-7,10H,8-9,11H2,1-2H3,(H,17,20,22). The molecule has 0 radical (unpaired) electrons. The van der Waals surface area contributed by atoms with Gasteiger partial charge in [-0.25, -0.2) is 4.79 Å². The van der Waals surface area contributed by atoms with Crippen molar-refractivity contribution in [2.75, 3.05) is 20.2 Å². The summed E-state index contributed by atoms with van der Waals surface area (Å²) in [5.74, 6) is 0.509. The van der Waals surface area contributed by atoms with E-state index in [2.05, 4.69) is 4.98 Å². The van der Waals surface area contributed by atoms with Gasteiger partial charge < -0.3 is 9.64 Å². The Morgan fingerprint density at radius 1 is 1.30 bits per heavy atom. The predicted molar refractivity (Wildman–Crippen MR) is 85.6 cm³/mol. The SMILES string of the molecule is Cc1cccc(OCCN(C)C(=O)Cn2ccc(=O)[nH]c2=O)c1. The molecule has 0 saturated carbocycles. The Morgan fingerprint density at radius 3 is 2.78 bits per heavy atom. The lowest BCUT2D eigenvalue weighted by Crippen LogP contribution is -2.37. The van der Waals surface area contributed by atoms with Crippen LogP contribution in [0.4, 0.5) is 0 Å². The highest BCUT2D eigenvalue weighted by molar-refractivity contribution is 5.75. The third kappa shape index (κ3) is 4.84. The first-order valence-corrected chi connectivity index (χ1v) is 7.19. The Balaban J connectivity index is 1.85. The number of nitrogens with zero attached hydrogens (tertiary/aromatic N) is 2. The molecule has 0 atom stereocenters. The molecule has 1 amide bonds. The molecule has 0 unspecified atom stereocenters. The Kier molecular flexibility index (Phi) is 5.35. The van der Waals surface area contributed by atoms with Gasteiger partial charge in [0.05, 0.1) is 6.54 Å². The van der Waals surface area contributed by atoms with Gasteiger partial charge in [0.2, 0.25) is 5.91 Å². The molecule has 122 valence electrons. The molecule has 7 heteroatoms. The second-order valence-corrected chi connectivity index (χ2v) is 5.22. The van der Waals surface area contributed by atoms with Crippen LogP contribution in [0.2, 0.25) is 0 Å². The van der Waals surface area contributed by atoms with Crippen molar-refractivity contribution >= 4 is 5.91 Å². The average Bonchev–Trinajstić information content (AvgIpc) is 2.50. The maximum absolute atomic E-state index is 12.1. The van der Waals surface area contributed by atoms with E-state index in [1.807, 2.05) is 31.2 Å². The van der Waals surface area contributed by atoms with Gasteiger partial charge in [-0.3, -0.25) is 19.1 Å². The molecular weight excluding hydrogens is 298 g/mol. The second kappa shape index (κ2) is 7.44. The number of carbonyl (C=O) groups excluding carboxylic acids is 1. The molecule has 2 aromatic rings. The molecule has 1 N–H and O–H groups in total. The topological polar surface area (TPSA) is 84.4 Å². The van der Waals surface area contributed by atoms with Crippen LogP contribution in [0.15, 0.2) is 46.1 Å². The number of amides is 1. The summed E-state index contributed by atoms with van der Waals surface area (Å²) in [5, 5.41) is 0. The van der Waals surface area contributed by atoms with Crippen molar-refractivity contribution in [1.82, 2.24) is 14.5 Å². The minimum atomic E-state index is -0.602. The van der Waals surface area contributed by atoms with Crippen LogP contribution in [-0.4, -0.2) is 40.6 Å². The molecule has 0 fully saturated rings. The maximum Gasteiger partial charge on any atom is 0.328 e. The fraction of sp³-hybridized carbons (Fsp3) is 0.312. The fourth-order valence-corrected chi connectivity index (χ4v) is 1.97. The van der Waals surface area contributed by atoms with E-state index in [-0.39, 0.29) is 12.5 Å². The molecule has 0 bridgehead atoms. The summed E-state index contributed by atoms with van der Waals surface area (Å²) in [7, 11) is 1.64. The van der Waals surface area contributed by atoms with E-state index in [0.717, 1.165) is 15.9 Å². The number of rotatable bonds is 6. The number of H-pyrrole nitrogens is 1. The van der Waals surface area contributed by atoms with Crippen LogP contribution >= 0.6 is 0 Å². The van der Waals surface area contributed by atoms with Crippen LogP contribution in [0.3, 0.4) is 0 Å². The highest BCUT2D eigenvalue weighted by atomic mass is 16.5. The number of benzene rings is 1. The average molecular weight is 317 g/mol. The minimum absolute atomic E-state index is 0.128.